The van der Waals surface area contributed by atoms with E-state index in [9.17, 15) is 4.79 Å². The maximum absolute atomic E-state index is 12.6. The van der Waals surface area contributed by atoms with Crippen molar-refractivity contribution in [2.45, 2.75) is 0 Å². The summed E-state index contributed by atoms with van der Waals surface area (Å²) in [5.41, 5.74) is 0.864. The van der Waals surface area contributed by atoms with E-state index in [0.717, 1.165) is 4.47 Å². The van der Waals surface area contributed by atoms with Crippen LogP contribution < -0.4 is 24.3 Å². The van der Waals surface area contributed by atoms with Crippen molar-refractivity contribution in [1.29, 1.82) is 0 Å². The van der Waals surface area contributed by atoms with E-state index in [-0.39, 0.29) is 5.91 Å². The highest BCUT2D eigenvalue weighted by Gasteiger charge is 2.17. The molecular formula is C17H18BrNO5. The molecule has 128 valence electrons. The minimum Gasteiger partial charge on any atom is -0.496 e. The third-order valence-corrected chi connectivity index (χ3v) is 3.86. The number of carbonyl (C=O) groups is 1. The first-order valence-electron chi connectivity index (χ1n) is 6.99. The zero-order valence-corrected chi connectivity index (χ0v) is 15.4. The second-order valence-electron chi connectivity index (χ2n) is 4.71. The van der Waals surface area contributed by atoms with E-state index >= 15 is 0 Å². The average Bonchev–Trinajstić information content (AvgIpc) is 2.60. The summed E-state index contributed by atoms with van der Waals surface area (Å²) >= 11 is 3.35. The lowest BCUT2D eigenvalue weighted by atomic mass is 10.1. The number of halogens is 1. The fourth-order valence-electron chi connectivity index (χ4n) is 2.17. The zero-order chi connectivity index (χ0) is 17.7. The van der Waals surface area contributed by atoms with Crippen LogP contribution in [0.3, 0.4) is 0 Å². The molecule has 0 aliphatic heterocycles. The van der Waals surface area contributed by atoms with Gasteiger partial charge in [0.1, 0.15) is 11.5 Å². The molecule has 0 bridgehead atoms. The second-order valence-corrected chi connectivity index (χ2v) is 5.62. The van der Waals surface area contributed by atoms with Gasteiger partial charge in [-0.2, -0.15) is 0 Å². The number of ether oxygens (including phenoxy) is 4. The van der Waals surface area contributed by atoms with E-state index < -0.39 is 0 Å². The highest BCUT2D eigenvalue weighted by Crippen LogP contribution is 2.38. The molecule has 7 heteroatoms. The van der Waals surface area contributed by atoms with Crippen LogP contribution in [0.1, 0.15) is 10.4 Å². The van der Waals surface area contributed by atoms with Crippen molar-refractivity contribution in [3.05, 3.63) is 40.4 Å². The molecule has 1 amide bonds. The highest BCUT2D eigenvalue weighted by molar-refractivity contribution is 9.10. The molecule has 0 heterocycles. The Hall–Kier alpha value is -2.41. The van der Waals surface area contributed by atoms with Gasteiger partial charge in [-0.15, -0.1) is 0 Å². The van der Waals surface area contributed by atoms with Gasteiger partial charge in [0.2, 0.25) is 0 Å². The normalized spacial score (nSPS) is 10.0. The van der Waals surface area contributed by atoms with Crippen LogP contribution in [-0.4, -0.2) is 34.3 Å². The Morgan fingerprint density at radius 2 is 1.42 bits per heavy atom. The summed E-state index contributed by atoms with van der Waals surface area (Å²) < 4.78 is 21.9. The lowest BCUT2D eigenvalue weighted by molar-refractivity contribution is 0.102. The molecule has 0 radical (unpaired) electrons. The molecule has 0 fully saturated rings. The molecule has 0 aliphatic carbocycles. The zero-order valence-electron chi connectivity index (χ0n) is 13.8. The molecule has 2 rings (SSSR count). The van der Waals surface area contributed by atoms with Crippen LogP contribution in [0.4, 0.5) is 5.69 Å². The van der Waals surface area contributed by atoms with Crippen molar-refractivity contribution in [2.24, 2.45) is 0 Å². The van der Waals surface area contributed by atoms with E-state index in [2.05, 4.69) is 21.2 Å². The van der Waals surface area contributed by atoms with E-state index in [4.69, 9.17) is 18.9 Å². The van der Waals surface area contributed by atoms with Crippen LogP contribution in [0.2, 0.25) is 0 Å². The third-order valence-electron chi connectivity index (χ3n) is 3.36. The quantitative estimate of drug-likeness (QED) is 0.806. The minimum atomic E-state index is -0.329. The fraction of sp³-hybridized carbons (Fsp3) is 0.235. The van der Waals surface area contributed by atoms with Gasteiger partial charge in [0.05, 0.1) is 39.7 Å². The monoisotopic (exact) mass is 395 g/mol. The fourth-order valence-corrected chi connectivity index (χ4v) is 2.51. The Kier molecular flexibility index (Phi) is 5.92. The van der Waals surface area contributed by atoms with Crippen LogP contribution in [0.15, 0.2) is 34.8 Å². The lowest BCUT2D eigenvalue weighted by Crippen LogP contribution is -2.14. The lowest BCUT2D eigenvalue weighted by Gasteiger charge is -2.15. The Morgan fingerprint density at radius 3 is 2.00 bits per heavy atom. The summed E-state index contributed by atoms with van der Waals surface area (Å²) in [7, 11) is 6.07. The van der Waals surface area contributed by atoms with Crippen LogP contribution in [0, 0.1) is 0 Å². The van der Waals surface area contributed by atoms with Crippen molar-refractivity contribution in [1.82, 2.24) is 0 Å². The Balaban J connectivity index is 2.38. The molecule has 0 unspecified atom stereocenters. The third kappa shape index (κ3) is 3.73. The first-order chi connectivity index (χ1) is 11.5. The molecule has 6 nitrogen and oxygen atoms in total. The number of methoxy groups -OCH3 is 4. The van der Waals surface area contributed by atoms with Gasteiger partial charge >= 0.3 is 0 Å². The summed E-state index contributed by atoms with van der Waals surface area (Å²) in [5, 5.41) is 2.80. The predicted octanol–water partition coefficient (Wildman–Crippen LogP) is 3.74. The number of amides is 1. The number of anilines is 1. The summed E-state index contributed by atoms with van der Waals surface area (Å²) in [5.74, 6) is 1.58. The molecular weight excluding hydrogens is 378 g/mol. The predicted molar refractivity (Wildman–Crippen MR) is 94.7 cm³/mol. The largest absolute Gasteiger partial charge is 0.496 e. The second kappa shape index (κ2) is 7.92. The SMILES string of the molecule is COc1cc(OC)c(OC)cc1NC(=O)c1ccc(Br)cc1OC. The van der Waals surface area contributed by atoms with Gasteiger partial charge in [-0.3, -0.25) is 4.79 Å². The van der Waals surface area contributed by atoms with Gasteiger partial charge < -0.3 is 24.3 Å². The van der Waals surface area contributed by atoms with E-state index in [0.29, 0.717) is 34.2 Å². The van der Waals surface area contributed by atoms with Gasteiger partial charge in [-0.1, -0.05) is 15.9 Å². The average molecular weight is 396 g/mol. The molecule has 0 aromatic heterocycles. The van der Waals surface area contributed by atoms with Crippen molar-refractivity contribution >= 4 is 27.5 Å². The van der Waals surface area contributed by atoms with Gasteiger partial charge in [0.15, 0.2) is 11.5 Å². The topological polar surface area (TPSA) is 66.0 Å². The smallest absolute Gasteiger partial charge is 0.259 e. The first-order valence-corrected chi connectivity index (χ1v) is 7.78. The number of hydrogen-bond donors (Lipinski definition) is 1. The maximum atomic E-state index is 12.6. The van der Waals surface area contributed by atoms with Crippen LogP contribution in [0.25, 0.3) is 0 Å². The standard InChI is InChI=1S/C17H18BrNO5/c1-21-13-7-10(18)5-6-11(13)17(20)19-12-8-15(23-3)16(24-4)9-14(12)22-2/h5-9H,1-4H3,(H,19,20). The number of benzene rings is 2. The molecule has 0 aliphatic rings. The molecule has 2 aromatic rings. The number of rotatable bonds is 6. The Labute approximate surface area is 148 Å². The van der Waals surface area contributed by atoms with Gasteiger partial charge in [-0.25, -0.2) is 0 Å². The van der Waals surface area contributed by atoms with Crippen LogP contribution >= 0.6 is 15.9 Å². The summed E-state index contributed by atoms with van der Waals surface area (Å²) in [6.45, 7) is 0. The van der Waals surface area contributed by atoms with Crippen molar-refractivity contribution in [3.8, 4) is 23.0 Å². The molecule has 24 heavy (non-hydrogen) atoms. The first kappa shape index (κ1) is 17.9. The summed E-state index contributed by atoms with van der Waals surface area (Å²) in [6, 6.07) is 8.45. The maximum Gasteiger partial charge on any atom is 0.259 e. The Bertz CT molecular complexity index is 748. The summed E-state index contributed by atoms with van der Waals surface area (Å²) in [6.07, 6.45) is 0. The number of nitrogens with one attached hydrogen (secondary N) is 1. The molecule has 2 aromatic carbocycles. The number of carbonyl (C=O) groups excluding carboxylic acids is 1. The van der Waals surface area contributed by atoms with Crippen LogP contribution in [0.5, 0.6) is 23.0 Å². The number of hydrogen-bond acceptors (Lipinski definition) is 5. The van der Waals surface area contributed by atoms with Gasteiger partial charge in [0.25, 0.3) is 5.91 Å². The molecule has 0 spiro atoms. The van der Waals surface area contributed by atoms with Crippen LogP contribution in [-0.2, 0) is 0 Å². The van der Waals surface area contributed by atoms with E-state index in [1.54, 1.807) is 30.3 Å². The molecule has 1 N–H and O–H groups in total. The van der Waals surface area contributed by atoms with Crippen molar-refractivity contribution in [3.63, 3.8) is 0 Å². The molecule has 0 atom stereocenters. The van der Waals surface area contributed by atoms with Crippen molar-refractivity contribution in [2.75, 3.05) is 33.8 Å². The summed E-state index contributed by atoms with van der Waals surface area (Å²) in [4.78, 5) is 12.6. The molecule has 0 saturated heterocycles. The van der Waals surface area contributed by atoms with E-state index in [1.807, 2.05) is 0 Å². The van der Waals surface area contributed by atoms with E-state index in [1.165, 1.54) is 28.4 Å². The molecule has 0 saturated carbocycles. The Morgan fingerprint density at radius 1 is 0.833 bits per heavy atom. The van der Waals surface area contributed by atoms with Crippen molar-refractivity contribution < 1.29 is 23.7 Å². The minimum absolute atomic E-state index is 0.329. The van der Waals surface area contributed by atoms with Gasteiger partial charge in [-0.05, 0) is 18.2 Å². The van der Waals surface area contributed by atoms with Gasteiger partial charge in [0, 0.05) is 16.6 Å². The highest BCUT2D eigenvalue weighted by atomic mass is 79.9.